The number of nitrogens with one attached hydrogen (secondary N) is 1. The quantitative estimate of drug-likeness (QED) is 0.362. The maximum Gasteiger partial charge on any atom is 0.410 e. The molecule has 0 unspecified atom stereocenters. The normalized spacial score (nSPS) is 20.6. The van der Waals surface area contributed by atoms with Crippen LogP contribution in [0, 0.1) is 6.92 Å². The molecule has 5 heterocycles. The Bertz CT molecular complexity index is 1680. The zero-order valence-corrected chi connectivity index (χ0v) is 23.9. The van der Waals surface area contributed by atoms with E-state index in [0.717, 1.165) is 53.4 Å². The van der Waals surface area contributed by atoms with Gasteiger partial charge in [0.2, 0.25) is 0 Å². The van der Waals surface area contributed by atoms with E-state index < -0.39 is 0 Å². The lowest BCUT2D eigenvalue weighted by Gasteiger charge is -2.33. The highest BCUT2D eigenvalue weighted by atomic mass is 35.5. The number of ether oxygens (including phenoxy) is 1. The van der Waals surface area contributed by atoms with Gasteiger partial charge in [0.1, 0.15) is 17.4 Å². The summed E-state index contributed by atoms with van der Waals surface area (Å²) < 4.78 is 6.99. The number of thiazole rings is 1. The third-order valence-corrected chi connectivity index (χ3v) is 9.46. The second-order valence-electron chi connectivity index (χ2n) is 10.9. The monoisotopic (exact) mass is 576 g/mol. The first kappa shape index (κ1) is 25.5. The number of piperidine rings is 1. The average Bonchev–Trinajstić information content (AvgIpc) is 3.60. The largest absolute Gasteiger partial charge is 0.447 e. The molecular formula is C29H29ClN6O3S. The molecule has 11 heteroatoms. The summed E-state index contributed by atoms with van der Waals surface area (Å²) in [6, 6.07) is 11.7. The van der Waals surface area contributed by atoms with Crippen LogP contribution in [0.4, 0.5) is 10.5 Å². The van der Waals surface area contributed by atoms with E-state index >= 15 is 0 Å². The first-order chi connectivity index (χ1) is 19.3. The van der Waals surface area contributed by atoms with Crippen LogP contribution in [-0.4, -0.2) is 62.7 Å². The van der Waals surface area contributed by atoms with Gasteiger partial charge in [-0.2, -0.15) is 0 Å². The van der Waals surface area contributed by atoms with Crippen molar-refractivity contribution in [2.75, 3.05) is 25.5 Å². The molecule has 0 bridgehead atoms. The number of rotatable bonds is 5. The lowest BCUT2D eigenvalue weighted by atomic mass is 9.97. The van der Waals surface area contributed by atoms with E-state index in [9.17, 15) is 9.59 Å². The van der Waals surface area contributed by atoms with Crippen molar-refractivity contribution in [1.29, 1.82) is 0 Å². The van der Waals surface area contributed by atoms with Crippen molar-refractivity contribution in [3.8, 4) is 10.6 Å². The Morgan fingerprint density at radius 3 is 2.77 bits per heavy atom. The molecule has 40 heavy (non-hydrogen) atoms. The fourth-order valence-corrected chi connectivity index (χ4v) is 7.29. The fraction of sp³-hybridized carbons (Fsp3) is 0.379. The number of benzene rings is 2. The van der Waals surface area contributed by atoms with Gasteiger partial charge in [0, 0.05) is 46.8 Å². The molecule has 0 spiro atoms. The van der Waals surface area contributed by atoms with E-state index in [-0.39, 0.29) is 23.7 Å². The number of carbonyl (C=O) groups is 1. The molecule has 2 fully saturated rings. The van der Waals surface area contributed by atoms with Crippen molar-refractivity contribution in [2.45, 2.75) is 51.5 Å². The van der Waals surface area contributed by atoms with Crippen LogP contribution in [0.25, 0.3) is 21.5 Å². The van der Waals surface area contributed by atoms with E-state index in [1.54, 1.807) is 15.9 Å². The van der Waals surface area contributed by atoms with Gasteiger partial charge >= 0.3 is 6.09 Å². The minimum Gasteiger partial charge on any atom is -0.447 e. The van der Waals surface area contributed by atoms with Crippen molar-refractivity contribution in [2.24, 2.45) is 0 Å². The Hall–Kier alpha value is -3.47. The van der Waals surface area contributed by atoms with Crippen LogP contribution in [0.5, 0.6) is 0 Å². The van der Waals surface area contributed by atoms with Gasteiger partial charge in [-0.3, -0.25) is 14.3 Å². The van der Waals surface area contributed by atoms with Crippen molar-refractivity contribution in [1.82, 2.24) is 24.3 Å². The van der Waals surface area contributed by atoms with Gasteiger partial charge in [-0.1, -0.05) is 23.7 Å². The predicted octanol–water partition coefficient (Wildman–Crippen LogP) is 4.87. The van der Waals surface area contributed by atoms with Crippen molar-refractivity contribution < 1.29 is 9.53 Å². The maximum absolute atomic E-state index is 13.8. The molecule has 0 radical (unpaired) electrons. The van der Waals surface area contributed by atoms with Crippen LogP contribution < -0.4 is 10.9 Å². The Labute approximate surface area is 240 Å². The summed E-state index contributed by atoms with van der Waals surface area (Å²) in [5.74, 6) is 0.653. The number of amides is 1. The van der Waals surface area contributed by atoms with Gasteiger partial charge in [0.15, 0.2) is 0 Å². The Kier molecular flexibility index (Phi) is 6.29. The van der Waals surface area contributed by atoms with E-state index in [1.165, 1.54) is 4.88 Å². The molecule has 2 saturated heterocycles. The maximum atomic E-state index is 13.8. The minimum atomic E-state index is -0.222. The molecular weight excluding hydrogens is 548 g/mol. The van der Waals surface area contributed by atoms with Crippen molar-refractivity contribution in [3.63, 3.8) is 0 Å². The fourth-order valence-electron chi connectivity index (χ4n) is 5.99. The van der Waals surface area contributed by atoms with Crippen LogP contribution in [0.15, 0.2) is 41.2 Å². The van der Waals surface area contributed by atoms with Crippen LogP contribution in [-0.2, 0) is 24.4 Å². The number of fused-ring (bicyclic) bond motifs is 3. The number of aromatic nitrogens is 3. The van der Waals surface area contributed by atoms with Gasteiger partial charge in [0.05, 0.1) is 29.2 Å². The lowest BCUT2D eigenvalue weighted by Crippen LogP contribution is -2.45. The molecule has 2 aromatic heterocycles. The average molecular weight is 577 g/mol. The molecule has 3 aliphatic rings. The highest BCUT2D eigenvalue weighted by Crippen LogP contribution is 2.39. The summed E-state index contributed by atoms with van der Waals surface area (Å²) in [5, 5.41) is 5.89. The molecule has 2 atom stereocenters. The predicted molar refractivity (Wildman–Crippen MR) is 156 cm³/mol. The van der Waals surface area contributed by atoms with E-state index in [0.29, 0.717) is 41.4 Å². The molecule has 1 N–H and O–H groups in total. The summed E-state index contributed by atoms with van der Waals surface area (Å²) in [7, 11) is 2.10. The number of nitrogens with zero attached hydrogens (tertiary/aromatic N) is 5. The third-order valence-electron chi connectivity index (χ3n) is 8.09. The molecule has 206 valence electrons. The van der Waals surface area contributed by atoms with Gasteiger partial charge < -0.3 is 15.0 Å². The highest BCUT2D eigenvalue weighted by Gasteiger charge is 2.38. The van der Waals surface area contributed by atoms with Gasteiger partial charge in [-0.15, -0.1) is 11.3 Å². The molecule has 0 saturated carbocycles. The number of aryl methyl sites for hydroxylation is 1. The van der Waals surface area contributed by atoms with Crippen LogP contribution in [0.1, 0.15) is 34.8 Å². The molecule has 4 aromatic rings. The Morgan fingerprint density at radius 2 is 1.98 bits per heavy atom. The van der Waals surface area contributed by atoms with Crippen molar-refractivity contribution in [3.05, 3.63) is 73.7 Å². The number of carbonyl (C=O) groups excluding carboxylic acids is 1. The van der Waals surface area contributed by atoms with E-state index in [2.05, 4.69) is 17.3 Å². The zero-order chi connectivity index (χ0) is 27.5. The molecule has 7 rings (SSSR count). The van der Waals surface area contributed by atoms with Crippen LogP contribution >= 0.6 is 22.9 Å². The Morgan fingerprint density at radius 1 is 1.15 bits per heavy atom. The number of anilines is 1. The summed E-state index contributed by atoms with van der Waals surface area (Å²) in [6.07, 6.45) is 1.37. The minimum absolute atomic E-state index is 0.0720. The topological polar surface area (TPSA) is 92.6 Å². The second-order valence-corrected chi connectivity index (χ2v) is 12.5. The third kappa shape index (κ3) is 4.53. The van der Waals surface area contributed by atoms with Crippen LogP contribution in [0.2, 0.25) is 5.02 Å². The SMILES string of the molecule is Cc1nc2cc(-c3nc4c(s3)CN(C)C4)c(N[C@H]3CCN4C(=O)OC[C@@H]4C3)cc2c(=O)n1Cc1ccc(Cl)cc1. The number of cyclic esters (lactones) is 1. The Balaban J connectivity index is 1.30. The molecule has 9 nitrogen and oxygen atoms in total. The van der Waals surface area contributed by atoms with Gasteiger partial charge in [0.25, 0.3) is 5.56 Å². The number of hydrogen-bond donors (Lipinski definition) is 1. The summed E-state index contributed by atoms with van der Waals surface area (Å²) in [6.45, 7) is 5.09. The molecule has 1 amide bonds. The van der Waals surface area contributed by atoms with Gasteiger partial charge in [-0.05, 0) is 56.6 Å². The zero-order valence-electron chi connectivity index (χ0n) is 22.3. The summed E-state index contributed by atoms with van der Waals surface area (Å²) >= 11 is 7.77. The van der Waals surface area contributed by atoms with E-state index in [1.807, 2.05) is 48.2 Å². The molecule has 2 aromatic carbocycles. The van der Waals surface area contributed by atoms with Gasteiger partial charge in [-0.25, -0.2) is 14.8 Å². The summed E-state index contributed by atoms with van der Waals surface area (Å²) in [5.41, 5.74) is 4.50. The molecule has 3 aliphatic heterocycles. The first-order valence-electron chi connectivity index (χ1n) is 13.5. The van der Waals surface area contributed by atoms with Crippen LogP contribution in [0.3, 0.4) is 0 Å². The second kappa shape index (κ2) is 9.87. The number of halogens is 1. The number of hydrogen-bond acceptors (Lipinski definition) is 8. The first-order valence-corrected chi connectivity index (χ1v) is 14.7. The lowest BCUT2D eigenvalue weighted by molar-refractivity contribution is 0.153. The van der Waals surface area contributed by atoms with Crippen molar-refractivity contribution >= 4 is 45.6 Å². The standard InChI is InChI=1S/C29H29ClN6O3S/c1-16-31-24-10-21(27-33-25-13-34(2)14-26(25)40-27)23(32-19-7-8-35-20(9-19)15-39-29(35)38)11-22(24)28(37)36(16)12-17-3-5-18(30)6-4-17/h3-6,10-11,19-20,32H,7-9,12-15H2,1-2H3/t19-,20-/m0/s1. The van der Waals surface area contributed by atoms with E-state index in [4.69, 9.17) is 26.3 Å². The summed E-state index contributed by atoms with van der Waals surface area (Å²) in [4.78, 5) is 41.1. The molecule has 0 aliphatic carbocycles. The highest BCUT2D eigenvalue weighted by molar-refractivity contribution is 7.15. The smallest absolute Gasteiger partial charge is 0.410 e.